The van der Waals surface area contributed by atoms with E-state index in [0.717, 1.165) is 12.2 Å². The third-order valence-electron chi connectivity index (χ3n) is 3.02. The van der Waals surface area contributed by atoms with Gasteiger partial charge >= 0.3 is 0 Å². The van der Waals surface area contributed by atoms with Crippen LogP contribution in [0.4, 0.5) is 10.8 Å². The lowest BCUT2D eigenvalue weighted by molar-refractivity contribution is -0.387. The fraction of sp³-hybridized carbons (Fsp3) is 0.333. The summed E-state index contributed by atoms with van der Waals surface area (Å²) in [7, 11) is 0. The largest absolute Gasteiger partial charge is 0.298 e. The van der Waals surface area contributed by atoms with Crippen LogP contribution in [-0.4, -0.2) is 21.6 Å². The molecule has 0 aliphatic rings. The number of carbonyl (C=O) groups excluding carboxylic acids is 1. The molecule has 0 unspecified atom stereocenters. The molecule has 0 saturated heterocycles. The van der Waals surface area contributed by atoms with E-state index >= 15 is 0 Å². The van der Waals surface area contributed by atoms with Crippen molar-refractivity contribution in [1.82, 2.24) is 4.98 Å². The number of hydrogen-bond donors (Lipinski definition) is 1. The first-order valence-corrected chi connectivity index (χ1v) is 8.96. The molecule has 122 valence electrons. The molecule has 0 bridgehead atoms. The predicted octanol–water partition coefficient (Wildman–Crippen LogP) is 4.44. The van der Waals surface area contributed by atoms with Crippen molar-refractivity contribution in [3.63, 3.8) is 0 Å². The quantitative estimate of drug-likeness (QED) is 0.453. The molecule has 0 aliphatic heterocycles. The zero-order valence-corrected chi connectivity index (χ0v) is 14.4. The van der Waals surface area contributed by atoms with Gasteiger partial charge in [0.15, 0.2) is 5.13 Å². The number of rotatable bonds is 7. The number of carbonyl (C=O) groups is 1. The van der Waals surface area contributed by atoms with Crippen molar-refractivity contribution in [3.05, 3.63) is 45.5 Å². The van der Waals surface area contributed by atoms with Crippen LogP contribution in [0.15, 0.2) is 34.7 Å². The smallest absolute Gasteiger partial charge is 0.283 e. The minimum Gasteiger partial charge on any atom is -0.298 e. The van der Waals surface area contributed by atoms with Crippen molar-refractivity contribution in [1.29, 1.82) is 0 Å². The first-order chi connectivity index (χ1) is 11.0. The van der Waals surface area contributed by atoms with E-state index in [2.05, 4.69) is 24.1 Å². The SMILES string of the molecule is CC(C)CCSc1ccc(C(=O)Nc2nccs2)cc1[N+](=O)[O-]. The normalized spacial score (nSPS) is 10.7. The standard InChI is InChI=1S/C15H17N3O3S2/c1-10(2)5-7-22-13-4-3-11(9-12(13)18(20)21)14(19)17-15-16-6-8-23-15/h3-4,6,8-10H,5,7H2,1-2H3,(H,16,17,19). The molecule has 0 aliphatic carbocycles. The molecular weight excluding hydrogens is 334 g/mol. The van der Waals surface area contributed by atoms with E-state index in [1.807, 2.05) is 0 Å². The highest BCUT2D eigenvalue weighted by Gasteiger charge is 2.18. The van der Waals surface area contributed by atoms with E-state index in [-0.39, 0.29) is 11.3 Å². The molecule has 0 radical (unpaired) electrons. The molecule has 2 rings (SSSR count). The number of benzene rings is 1. The molecule has 0 spiro atoms. The van der Waals surface area contributed by atoms with Gasteiger partial charge in [-0.15, -0.1) is 23.1 Å². The van der Waals surface area contributed by atoms with Crippen molar-refractivity contribution in [2.75, 3.05) is 11.1 Å². The zero-order chi connectivity index (χ0) is 16.8. The number of hydrogen-bond acceptors (Lipinski definition) is 6. The van der Waals surface area contributed by atoms with E-state index in [0.29, 0.717) is 15.9 Å². The molecule has 8 heteroatoms. The Kier molecular flexibility index (Phi) is 6.12. The molecule has 1 aromatic carbocycles. The Morgan fingerprint density at radius 2 is 2.26 bits per heavy atom. The van der Waals surface area contributed by atoms with Gasteiger partial charge in [-0.3, -0.25) is 20.2 Å². The van der Waals surface area contributed by atoms with E-state index in [1.54, 1.807) is 23.7 Å². The van der Waals surface area contributed by atoms with Crippen molar-refractivity contribution >= 4 is 39.8 Å². The third-order valence-corrected chi connectivity index (χ3v) is 4.81. The number of anilines is 1. The maximum absolute atomic E-state index is 12.1. The molecule has 23 heavy (non-hydrogen) atoms. The molecular formula is C15H17N3O3S2. The number of aromatic nitrogens is 1. The molecule has 0 saturated carbocycles. The average molecular weight is 351 g/mol. The van der Waals surface area contributed by atoms with E-state index in [9.17, 15) is 14.9 Å². The Balaban J connectivity index is 2.14. The summed E-state index contributed by atoms with van der Waals surface area (Å²) in [4.78, 5) is 27.5. The first-order valence-electron chi connectivity index (χ1n) is 7.09. The first kappa shape index (κ1) is 17.4. The van der Waals surface area contributed by atoms with Gasteiger partial charge in [0.05, 0.1) is 9.82 Å². The number of thiazole rings is 1. The van der Waals surface area contributed by atoms with Gasteiger partial charge in [0, 0.05) is 23.2 Å². The van der Waals surface area contributed by atoms with E-state index in [1.165, 1.54) is 29.2 Å². The lowest BCUT2D eigenvalue weighted by atomic mass is 10.2. The number of nitro groups is 1. The second-order valence-corrected chi connectivity index (χ2v) is 7.29. The van der Waals surface area contributed by atoms with Crippen LogP contribution in [0.2, 0.25) is 0 Å². The summed E-state index contributed by atoms with van der Waals surface area (Å²) in [5.41, 5.74) is 0.214. The maximum Gasteiger partial charge on any atom is 0.283 e. The van der Waals surface area contributed by atoms with Gasteiger partial charge in [-0.2, -0.15) is 0 Å². The van der Waals surface area contributed by atoms with Crippen LogP contribution in [0.5, 0.6) is 0 Å². The molecule has 1 N–H and O–H groups in total. The Hall–Kier alpha value is -1.93. The summed E-state index contributed by atoms with van der Waals surface area (Å²) < 4.78 is 0. The monoisotopic (exact) mass is 351 g/mol. The number of thioether (sulfide) groups is 1. The molecule has 6 nitrogen and oxygen atoms in total. The number of nitrogens with one attached hydrogen (secondary N) is 1. The zero-order valence-electron chi connectivity index (χ0n) is 12.8. The molecule has 0 fully saturated rings. The van der Waals surface area contributed by atoms with E-state index < -0.39 is 10.8 Å². The van der Waals surface area contributed by atoms with Crippen LogP contribution in [0.3, 0.4) is 0 Å². The molecule has 2 aromatic rings. The van der Waals surface area contributed by atoms with Crippen LogP contribution in [0, 0.1) is 16.0 Å². The average Bonchev–Trinajstić information content (AvgIpc) is 2.99. The van der Waals surface area contributed by atoms with Gasteiger partial charge in [0.1, 0.15) is 0 Å². The van der Waals surface area contributed by atoms with Gasteiger partial charge in [-0.25, -0.2) is 4.98 Å². The fourth-order valence-corrected chi connectivity index (χ4v) is 3.56. The van der Waals surface area contributed by atoms with Gasteiger partial charge in [0.25, 0.3) is 11.6 Å². The minimum absolute atomic E-state index is 0.0365. The number of nitrogens with zero attached hydrogens (tertiary/aromatic N) is 2. The summed E-state index contributed by atoms with van der Waals surface area (Å²) in [6, 6.07) is 4.56. The maximum atomic E-state index is 12.1. The summed E-state index contributed by atoms with van der Waals surface area (Å²) in [5, 5.41) is 16.1. The summed E-state index contributed by atoms with van der Waals surface area (Å²) in [6.45, 7) is 4.22. The Bertz CT molecular complexity index is 687. The minimum atomic E-state index is -0.447. The Morgan fingerprint density at radius 3 is 2.87 bits per heavy atom. The summed E-state index contributed by atoms with van der Waals surface area (Å²) >= 11 is 2.74. The molecule has 1 heterocycles. The molecule has 0 atom stereocenters. The van der Waals surface area contributed by atoms with Gasteiger partial charge in [-0.05, 0) is 30.2 Å². The summed E-state index contributed by atoms with van der Waals surface area (Å²) in [6.07, 6.45) is 2.56. The summed E-state index contributed by atoms with van der Waals surface area (Å²) in [5.74, 6) is 0.954. The highest BCUT2D eigenvalue weighted by Crippen LogP contribution is 2.31. The van der Waals surface area contributed by atoms with Gasteiger partial charge in [-0.1, -0.05) is 13.8 Å². The van der Waals surface area contributed by atoms with Crippen LogP contribution in [0.25, 0.3) is 0 Å². The highest BCUT2D eigenvalue weighted by molar-refractivity contribution is 7.99. The highest BCUT2D eigenvalue weighted by atomic mass is 32.2. The van der Waals surface area contributed by atoms with Gasteiger partial charge in [0.2, 0.25) is 0 Å². The van der Waals surface area contributed by atoms with Crippen molar-refractivity contribution in [2.45, 2.75) is 25.2 Å². The lowest BCUT2D eigenvalue weighted by Crippen LogP contribution is -2.12. The van der Waals surface area contributed by atoms with Crippen LogP contribution < -0.4 is 5.32 Å². The Labute approximate surface area is 142 Å². The second-order valence-electron chi connectivity index (χ2n) is 5.26. The second kappa shape index (κ2) is 8.07. The van der Waals surface area contributed by atoms with Crippen LogP contribution in [0.1, 0.15) is 30.6 Å². The van der Waals surface area contributed by atoms with Crippen molar-refractivity contribution in [3.8, 4) is 0 Å². The van der Waals surface area contributed by atoms with Crippen molar-refractivity contribution in [2.24, 2.45) is 5.92 Å². The Morgan fingerprint density at radius 1 is 1.48 bits per heavy atom. The lowest BCUT2D eigenvalue weighted by Gasteiger charge is -2.07. The fourth-order valence-electron chi connectivity index (χ4n) is 1.78. The number of amides is 1. The van der Waals surface area contributed by atoms with E-state index in [4.69, 9.17) is 0 Å². The van der Waals surface area contributed by atoms with Crippen LogP contribution in [-0.2, 0) is 0 Å². The van der Waals surface area contributed by atoms with Gasteiger partial charge < -0.3 is 0 Å². The number of nitro benzene ring substituents is 1. The predicted molar refractivity (Wildman–Crippen MR) is 93.3 cm³/mol. The molecule has 1 amide bonds. The molecule has 1 aromatic heterocycles. The topological polar surface area (TPSA) is 85.1 Å². The van der Waals surface area contributed by atoms with Crippen LogP contribution >= 0.6 is 23.1 Å². The third kappa shape index (κ3) is 5.04. The van der Waals surface area contributed by atoms with Crippen molar-refractivity contribution < 1.29 is 9.72 Å².